The zero-order valence-corrected chi connectivity index (χ0v) is 12.0. The summed E-state index contributed by atoms with van der Waals surface area (Å²) >= 11 is 6.22. The fourth-order valence-electron chi connectivity index (χ4n) is 2.56. The Morgan fingerprint density at radius 3 is 2.83 bits per heavy atom. The number of hydrogen-bond donors (Lipinski definition) is 1. The molecule has 1 N–H and O–H groups in total. The Bertz CT molecular complexity index is 376. The van der Waals surface area contributed by atoms with E-state index in [4.69, 9.17) is 16.3 Å². The molecule has 1 heterocycles. The second kappa shape index (κ2) is 6.44. The zero-order valence-electron chi connectivity index (χ0n) is 11.3. The van der Waals surface area contributed by atoms with E-state index in [-0.39, 0.29) is 0 Å². The van der Waals surface area contributed by atoms with Crippen molar-refractivity contribution in [2.24, 2.45) is 0 Å². The molecule has 1 unspecified atom stereocenters. The third-order valence-corrected chi connectivity index (χ3v) is 3.78. The molecule has 0 aromatic heterocycles. The van der Waals surface area contributed by atoms with Crippen LogP contribution < -0.4 is 10.1 Å². The molecule has 0 saturated carbocycles. The molecule has 1 fully saturated rings. The van der Waals surface area contributed by atoms with E-state index in [0.717, 1.165) is 35.9 Å². The predicted octanol–water partition coefficient (Wildman–Crippen LogP) is 3.87. The molecule has 100 valence electrons. The lowest BCUT2D eigenvalue weighted by molar-refractivity contribution is 0.267. The van der Waals surface area contributed by atoms with E-state index in [9.17, 15) is 0 Å². The van der Waals surface area contributed by atoms with Crippen molar-refractivity contribution in [3.63, 3.8) is 0 Å². The van der Waals surface area contributed by atoms with Crippen molar-refractivity contribution in [1.29, 1.82) is 0 Å². The third kappa shape index (κ3) is 3.63. The Balaban J connectivity index is 1.86. The molecule has 1 aliphatic heterocycles. The van der Waals surface area contributed by atoms with Crippen LogP contribution in [0.5, 0.6) is 5.75 Å². The Hall–Kier alpha value is -0.730. The highest BCUT2D eigenvalue weighted by atomic mass is 35.5. The number of aryl methyl sites for hydroxylation is 2. The minimum atomic E-state index is 0.614. The summed E-state index contributed by atoms with van der Waals surface area (Å²) < 4.78 is 5.85. The number of rotatable bonds is 4. The van der Waals surface area contributed by atoms with Crippen LogP contribution in [0.4, 0.5) is 0 Å². The van der Waals surface area contributed by atoms with Gasteiger partial charge in [0.15, 0.2) is 0 Å². The molecule has 1 atom stereocenters. The molecule has 1 saturated heterocycles. The Morgan fingerprint density at radius 1 is 1.33 bits per heavy atom. The lowest BCUT2D eigenvalue weighted by atomic mass is 10.0. The van der Waals surface area contributed by atoms with Crippen LogP contribution in [0, 0.1) is 13.8 Å². The second-order valence-electron chi connectivity index (χ2n) is 5.18. The summed E-state index contributed by atoms with van der Waals surface area (Å²) in [6.07, 6.45) is 4.97. The molecule has 0 amide bonds. The first-order valence-corrected chi connectivity index (χ1v) is 7.17. The number of piperidine rings is 1. The molecule has 0 bridgehead atoms. The number of ether oxygens (including phenoxy) is 1. The van der Waals surface area contributed by atoms with E-state index in [0.29, 0.717) is 6.04 Å². The van der Waals surface area contributed by atoms with Crippen molar-refractivity contribution in [2.45, 2.75) is 45.6 Å². The summed E-state index contributed by atoms with van der Waals surface area (Å²) in [6.45, 7) is 5.98. The van der Waals surface area contributed by atoms with Crippen LogP contribution in [-0.2, 0) is 0 Å². The SMILES string of the molecule is Cc1cc(C)c(OCCC2CCCCN2)c(Cl)c1. The largest absolute Gasteiger partial charge is 0.492 e. The molecule has 1 aliphatic rings. The van der Waals surface area contributed by atoms with Gasteiger partial charge in [0.05, 0.1) is 11.6 Å². The molecule has 1 aromatic carbocycles. The lowest BCUT2D eigenvalue weighted by Gasteiger charge is -2.23. The molecule has 18 heavy (non-hydrogen) atoms. The van der Waals surface area contributed by atoms with Crippen molar-refractivity contribution in [2.75, 3.05) is 13.2 Å². The van der Waals surface area contributed by atoms with E-state index < -0.39 is 0 Å². The van der Waals surface area contributed by atoms with E-state index >= 15 is 0 Å². The normalized spacial score (nSPS) is 19.8. The van der Waals surface area contributed by atoms with Crippen LogP contribution in [0.3, 0.4) is 0 Å². The monoisotopic (exact) mass is 267 g/mol. The van der Waals surface area contributed by atoms with Gasteiger partial charge in [-0.3, -0.25) is 0 Å². The van der Waals surface area contributed by atoms with Crippen LogP contribution in [0.15, 0.2) is 12.1 Å². The van der Waals surface area contributed by atoms with Gasteiger partial charge in [0.2, 0.25) is 0 Å². The Labute approximate surface area is 115 Å². The number of halogens is 1. The Morgan fingerprint density at radius 2 is 2.17 bits per heavy atom. The minimum absolute atomic E-state index is 0.614. The topological polar surface area (TPSA) is 21.3 Å². The summed E-state index contributed by atoms with van der Waals surface area (Å²) in [5.74, 6) is 0.845. The first-order chi connectivity index (χ1) is 8.66. The van der Waals surface area contributed by atoms with E-state index in [1.165, 1.54) is 24.8 Å². The van der Waals surface area contributed by atoms with Gasteiger partial charge in [-0.15, -0.1) is 0 Å². The van der Waals surface area contributed by atoms with Gasteiger partial charge in [-0.25, -0.2) is 0 Å². The molecular weight excluding hydrogens is 246 g/mol. The van der Waals surface area contributed by atoms with Crippen molar-refractivity contribution in [3.05, 3.63) is 28.3 Å². The highest BCUT2D eigenvalue weighted by Crippen LogP contribution is 2.30. The summed E-state index contributed by atoms with van der Waals surface area (Å²) in [4.78, 5) is 0. The standard InChI is InChI=1S/C15H22ClNO/c1-11-9-12(2)15(14(16)10-11)18-8-6-13-5-3-4-7-17-13/h9-10,13,17H,3-8H2,1-2H3. The van der Waals surface area contributed by atoms with Crippen molar-refractivity contribution in [3.8, 4) is 5.75 Å². The lowest BCUT2D eigenvalue weighted by Crippen LogP contribution is -2.35. The van der Waals surface area contributed by atoms with Crippen LogP contribution in [0.25, 0.3) is 0 Å². The van der Waals surface area contributed by atoms with E-state index in [2.05, 4.69) is 18.3 Å². The van der Waals surface area contributed by atoms with E-state index in [1.54, 1.807) is 0 Å². The molecule has 2 nitrogen and oxygen atoms in total. The maximum atomic E-state index is 6.22. The fourth-order valence-corrected chi connectivity index (χ4v) is 2.93. The highest BCUT2D eigenvalue weighted by Gasteiger charge is 2.13. The molecule has 3 heteroatoms. The zero-order chi connectivity index (χ0) is 13.0. The van der Waals surface area contributed by atoms with Gasteiger partial charge < -0.3 is 10.1 Å². The van der Waals surface area contributed by atoms with Crippen molar-refractivity contribution < 1.29 is 4.74 Å². The van der Waals surface area contributed by atoms with Crippen molar-refractivity contribution >= 4 is 11.6 Å². The predicted molar refractivity (Wildman–Crippen MR) is 76.7 cm³/mol. The van der Waals surface area contributed by atoms with Gasteiger partial charge in [0.1, 0.15) is 5.75 Å². The maximum absolute atomic E-state index is 6.22. The van der Waals surface area contributed by atoms with Gasteiger partial charge in [-0.2, -0.15) is 0 Å². The molecule has 2 rings (SSSR count). The number of benzene rings is 1. The van der Waals surface area contributed by atoms with Gasteiger partial charge in [0.25, 0.3) is 0 Å². The fraction of sp³-hybridized carbons (Fsp3) is 0.600. The number of hydrogen-bond acceptors (Lipinski definition) is 2. The molecule has 1 aromatic rings. The van der Waals surface area contributed by atoms with Crippen LogP contribution >= 0.6 is 11.6 Å². The van der Waals surface area contributed by atoms with Crippen LogP contribution in [0.2, 0.25) is 5.02 Å². The van der Waals surface area contributed by atoms with E-state index in [1.807, 2.05) is 13.0 Å². The quantitative estimate of drug-likeness (QED) is 0.894. The molecule has 0 radical (unpaired) electrons. The highest BCUT2D eigenvalue weighted by molar-refractivity contribution is 6.32. The maximum Gasteiger partial charge on any atom is 0.140 e. The molecule has 0 spiro atoms. The second-order valence-corrected chi connectivity index (χ2v) is 5.58. The van der Waals surface area contributed by atoms with Gasteiger partial charge >= 0.3 is 0 Å². The van der Waals surface area contributed by atoms with Gasteiger partial charge in [0, 0.05) is 6.04 Å². The Kier molecular flexibility index (Phi) is 4.90. The minimum Gasteiger partial charge on any atom is -0.492 e. The third-order valence-electron chi connectivity index (χ3n) is 3.50. The van der Waals surface area contributed by atoms with Crippen LogP contribution in [-0.4, -0.2) is 19.2 Å². The van der Waals surface area contributed by atoms with Crippen LogP contribution in [0.1, 0.15) is 36.8 Å². The first-order valence-electron chi connectivity index (χ1n) is 6.80. The summed E-state index contributed by atoms with van der Waals surface area (Å²) in [5, 5.41) is 4.26. The average molecular weight is 268 g/mol. The number of nitrogens with one attached hydrogen (secondary N) is 1. The molecule has 0 aliphatic carbocycles. The summed E-state index contributed by atoms with van der Waals surface area (Å²) in [7, 11) is 0. The summed E-state index contributed by atoms with van der Waals surface area (Å²) in [5.41, 5.74) is 2.30. The average Bonchev–Trinajstić information content (AvgIpc) is 2.34. The molecular formula is C15H22ClNO. The summed E-state index contributed by atoms with van der Waals surface area (Å²) in [6, 6.07) is 4.69. The van der Waals surface area contributed by atoms with Crippen molar-refractivity contribution in [1.82, 2.24) is 5.32 Å². The van der Waals surface area contributed by atoms with Gasteiger partial charge in [-0.05, 0) is 56.8 Å². The first kappa shape index (κ1) is 13.7. The smallest absolute Gasteiger partial charge is 0.140 e. The van der Waals surface area contributed by atoms with Gasteiger partial charge in [-0.1, -0.05) is 24.1 Å².